The number of ether oxygens (including phenoxy) is 3. The minimum atomic E-state index is -0.788. The van der Waals surface area contributed by atoms with Crippen molar-refractivity contribution in [2.75, 3.05) is 20.3 Å². The average Bonchev–Trinajstić information content (AvgIpc) is 2.86. The number of hydrogen-bond donors (Lipinski definition) is 1. The van der Waals surface area contributed by atoms with E-state index in [4.69, 9.17) is 14.2 Å². The minimum Gasteiger partial charge on any atom is -0.487 e. The van der Waals surface area contributed by atoms with Crippen LogP contribution < -0.4 is 14.8 Å². The summed E-state index contributed by atoms with van der Waals surface area (Å²) in [6.45, 7) is 1.78. The molecule has 0 aliphatic carbocycles. The van der Waals surface area contributed by atoms with Gasteiger partial charge in [-0.25, -0.2) is 14.0 Å². The van der Waals surface area contributed by atoms with E-state index in [0.29, 0.717) is 28.5 Å². The normalized spacial score (nSPS) is 15.5. The Bertz CT molecular complexity index is 1230. The molecule has 3 aromatic rings. The van der Waals surface area contributed by atoms with Gasteiger partial charge in [-0.1, -0.05) is 30.3 Å². The van der Waals surface area contributed by atoms with Crippen LogP contribution in [-0.2, 0) is 9.53 Å². The molecule has 35 heavy (non-hydrogen) atoms. The second-order valence-corrected chi connectivity index (χ2v) is 7.75. The Balaban J connectivity index is 1.70. The number of nitrogens with zero attached hydrogens (tertiary/aromatic N) is 1. The summed E-state index contributed by atoms with van der Waals surface area (Å²) in [5.74, 6) is 0.643. The van der Waals surface area contributed by atoms with E-state index in [1.165, 1.54) is 29.2 Å². The summed E-state index contributed by atoms with van der Waals surface area (Å²) >= 11 is 0. The van der Waals surface area contributed by atoms with Crippen molar-refractivity contribution in [2.24, 2.45) is 0 Å². The predicted molar refractivity (Wildman–Crippen MR) is 128 cm³/mol. The number of nitrogens with one attached hydrogen (secondary N) is 1. The molecule has 1 atom stereocenters. The highest BCUT2D eigenvalue weighted by Gasteiger charge is 2.37. The van der Waals surface area contributed by atoms with E-state index in [2.05, 4.69) is 5.32 Å². The van der Waals surface area contributed by atoms with Gasteiger partial charge in [-0.2, -0.15) is 0 Å². The first-order chi connectivity index (χ1) is 17.0. The van der Waals surface area contributed by atoms with Crippen molar-refractivity contribution in [1.29, 1.82) is 0 Å². The number of para-hydroxylation sites is 1. The highest BCUT2D eigenvalue weighted by molar-refractivity contribution is 5.95. The Kier molecular flexibility index (Phi) is 7.30. The molecule has 180 valence electrons. The van der Waals surface area contributed by atoms with Gasteiger partial charge in [0, 0.05) is 7.05 Å². The molecule has 0 fully saturated rings. The fraction of sp³-hybridized carbons (Fsp3) is 0.185. The van der Waals surface area contributed by atoms with Gasteiger partial charge in [0.05, 0.1) is 23.9 Å². The van der Waals surface area contributed by atoms with E-state index >= 15 is 0 Å². The first-order valence-electron chi connectivity index (χ1n) is 11.1. The van der Waals surface area contributed by atoms with Crippen LogP contribution in [0.3, 0.4) is 0 Å². The molecule has 0 saturated heterocycles. The van der Waals surface area contributed by atoms with Gasteiger partial charge in [0.25, 0.3) is 0 Å². The van der Waals surface area contributed by atoms with Crippen LogP contribution in [0.1, 0.15) is 18.5 Å². The first-order valence-corrected chi connectivity index (χ1v) is 11.1. The lowest BCUT2D eigenvalue weighted by Crippen LogP contribution is -2.48. The summed E-state index contributed by atoms with van der Waals surface area (Å²) in [7, 11) is 1.54. The van der Waals surface area contributed by atoms with Crippen molar-refractivity contribution in [2.45, 2.75) is 13.0 Å². The molecule has 0 saturated carbocycles. The maximum atomic E-state index is 13.3. The lowest BCUT2D eigenvalue weighted by Gasteiger charge is -2.34. The fourth-order valence-corrected chi connectivity index (χ4v) is 3.70. The molecule has 0 unspecified atom stereocenters. The van der Waals surface area contributed by atoms with E-state index in [-0.39, 0.29) is 18.8 Å². The number of carbonyl (C=O) groups is 2. The van der Waals surface area contributed by atoms with E-state index in [0.717, 1.165) is 0 Å². The molecule has 3 aromatic carbocycles. The molecule has 2 amide bonds. The number of hydrogen-bond acceptors (Lipinski definition) is 5. The maximum Gasteiger partial charge on any atom is 0.338 e. The molecule has 1 N–H and O–H groups in total. The number of esters is 1. The van der Waals surface area contributed by atoms with Crippen molar-refractivity contribution >= 4 is 12.0 Å². The number of halogens is 1. The maximum absolute atomic E-state index is 13.3. The van der Waals surface area contributed by atoms with Crippen LogP contribution in [0.2, 0.25) is 0 Å². The Morgan fingerprint density at radius 3 is 2.40 bits per heavy atom. The van der Waals surface area contributed by atoms with Gasteiger partial charge < -0.3 is 19.5 Å². The smallest absolute Gasteiger partial charge is 0.338 e. The summed E-state index contributed by atoms with van der Waals surface area (Å²) in [4.78, 5) is 27.2. The molecule has 0 spiro atoms. The Morgan fingerprint density at radius 2 is 1.69 bits per heavy atom. The summed E-state index contributed by atoms with van der Waals surface area (Å²) < 4.78 is 30.3. The van der Waals surface area contributed by atoms with Gasteiger partial charge in [0.1, 0.15) is 29.7 Å². The quantitative estimate of drug-likeness (QED) is 0.452. The van der Waals surface area contributed by atoms with E-state index in [1.807, 2.05) is 30.3 Å². The highest BCUT2D eigenvalue weighted by Crippen LogP contribution is 2.33. The molecular formula is C27H25FN2O5. The van der Waals surface area contributed by atoms with Crippen LogP contribution in [0, 0.1) is 5.82 Å². The van der Waals surface area contributed by atoms with Crippen LogP contribution in [-0.4, -0.2) is 37.2 Å². The summed E-state index contributed by atoms with van der Waals surface area (Å²) in [5.41, 5.74) is 1.23. The number of likely N-dealkylation sites (N-methyl/N-ethyl adjacent to an activating group) is 1. The molecule has 0 aromatic heterocycles. The molecular weight excluding hydrogens is 451 g/mol. The zero-order valence-electron chi connectivity index (χ0n) is 19.4. The van der Waals surface area contributed by atoms with E-state index in [9.17, 15) is 14.0 Å². The lowest BCUT2D eigenvalue weighted by molar-refractivity contribution is -0.139. The second kappa shape index (κ2) is 10.7. The van der Waals surface area contributed by atoms with Crippen LogP contribution >= 0.6 is 0 Å². The zero-order chi connectivity index (χ0) is 24.8. The van der Waals surface area contributed by atoms with E-state index < -0.39 is 23.9 Å². The van der Waals surface area contributed by atoms with Crippen LogP contribution in [0.4, 0.5) is 9.18 Å². The van der Waals surface area contributed by atoms with Gasteiger partial charge in [-0.05, 0) is 61.0 Å². The minimum absolute atomic E-state index is 0.0968. The number of benzene rings is 3. The van der Waals surface area contributed by atoms with Crippen molar-refractivity contribution in [3.63, 3.8) is 0 Å². The predicted octanol–water partition coefficient (Wildman–Crippen LogP) is 5.21. The molecule has 1 aliphatic heterocycles. The first kappa shape index (κ1) is 23.8. The standard InChI is InChI=1S/C27H25FN2O5/c1-3-33-26(31)24-23(17-34-20-14-12-19(28)13-15-20)30(2)27(32)29-25(24)18-8-7-11-22(16-18)35-21-9-5-4-6-10-21/h4-16,25H,3,17H2,1-2H3,(H,29,32)/t25-/m0/s1. The number of rotatable bonds is 8. The molecule has 4 rings (SSSR count). The van der Waals surface area contributed by atoms with Gasteiger partial charge in [-0.3, -0.25) is 4.90 Å². The Labute approximate surface area is 202 Å². The monoisotopic (exact) mass is 476 g/mol. The van der Waals surface area contributed by atoms with Gasteiger partial charge in [0.2, 0.25) is 0 Å². The van der Waals surface area contributed by atoms with E-state index in [1.54, 1.807) is 38.2 Å². The zero-order valence-corrected chi connectivity index (χ0v) is 19.4. The van der Waals surface area contributed by atoms with Crippen molar-refractivity contribution in [3.05, 3.63) is 102 Å². The van der Waals surface area contributed by atoms with Gasteiger partial charge in [0.15, 0.2) is 0 Å². The molecule has 1 aliphatic rings. The van der Waals surface area contributed by atoms with Crippen molar-refractivity contribution in [3.8, 4) is 17.2 Å². The van der Waals surface area contributed by atoms with Gasteiger partial charge >= 0.3 is 12.0 Å². The third-order valence-corrected chi connectivity index (χ3v) is 5.43. The second-order valence-electron chi connectivity index (χ2n) is 7.75. The summed E-state index contributed by atoms with van der Waals surface area (Å²) in [6, 6.07) is 20.7. The highest BCUT2D eigenvalue weighted by atomic mass is 19.1. The topological polar surface area (TPSA) is 77.1 Å². The van der Waals surface area contributed by atoms with Crippen LogP contribution in [0.5, 0.6) is 17.2 Å². The SMILES string of the molecule is CCOC(=O)C1=C(COc2ccc(F)cc2)N(C)C(=O)N[C@H]1c1cccc(Oc2ccccc2)c1. The average molecular weight is 477 g/mol. The Morgan fingerprint density at radius 1 is 0.971 bits per heavy atom. The lowest BCUT2D eigenvalue weighted by atomic mass is 9.94. The van der Waals surface area contributed by atoms with Gasteiger partial charge in [-0.15, -0.1) is 0 Å². The van der Waals surface area contributed by atoms with Crippen LogP contribution in [0.25, 0.3) is 0 Å². The molecule has 1 heterocycles. The molecule has 8 heteroatoms. The third-order valence-electron chi connectivity index (χ3n) is 5.43. The molecule has 0 radical (unpaired) electrons. The number of urea groups is 1. The summed E-state index contributed by atoms with van der Waals surface area (Å²) in [6.07, 6.45) is 0. The number of carbonyl (C=O) groups excluding carboxylic acids is 2. The fourth-order valence-electron chi connectivity index (χ4n) is 3.70. The van der Waals surface area contributed by atoms with Crippen molar-refractivity contribution < 1.29 is 28.2 Å². The van der Waals surface area contributed by atoms with Crippen LogP contribution in [0.15, 0.2) is 90.1 Å². The number of amides is 2. The Hall–Kier alpha value is -4.33. The largest absolute Gasteiger partial charge is 0.487 e. The third kappa shape index (κ3) is 5.60. The van der Waals surface area contributed by atoms with Crippen molar-refractivity contribution in [1.82, 2.24) is 10.2 Å². The molecule has 7 nitrogen and oxygen atoms in total. The molecule has 0 bridgehead atoms. The summed E-state index contributed by atoms with van der Waals surface area (Å²) in [5, 5.41) is 2.87.